The van der Waals surface area contributed by atoms with Gasteiger partial charge in [0, 0.05) is 43.9 Å². The van der Waals surface area contributed by atoms with Crippen molar-refractivity contribution in [2.75, 3.05) is 26.2 Å². The molecular formula is C17H19N3O7. The normalized spacial score (nSPS) is 22.5. The number of carbonyl (C=O) groups excluding carboxylic acids is 2. The molecule has 0 radical (unpaired) electrons. The second-order valence-electron chi connectivity index (χ2n) is 6.45. The van der Waals surface area contributed by atoms with Crippen molar-refractivity contribution in [3.63, 3.8) is 0 Å². The van der Waals surface area contributed by atoms with Gasteiger partial charge >= 0.3 is 5.97 Å². The number of nitro benzene ring substituents is 1. The summed E-state index contributed by atoms with van der Waals surface area (Å²) in [6.45, 7) is 1.32. The number of hydrogen-bond acceptors (Lipinski definition) is 6. The van der Waals surface area contributed by atoms with Gasteiger partial charge in [-0.1, -0.05) is 0 Å². The zero-order valence-electron chi connectivity index (χ0n) is 14.4. The summed E-state index contributed by atoms with van der Waals surface area (Å²) in [5.74, 6) is -1.56. The largest absolute Gasteiger partial charge is 0.479 e. The van der Waals surface area contributed by atoms with E-state index in [9.17, 15) is 24.5 Å². The molecule has 10 heteroatoms. The summed E-state index contributed by atoms with van der Waals surface area (Å²) in [5.41, 5.74) is 0.266. The lowest BCUT2D eigenvalue weighted by Crippen LogP contribution is -2.53. The number of carbonyl (C=O) groups is 3. The van der Waals surface area contributed by atoms with Crippen LogP contribution in [0.3, 0.4) is 0 Å². The Morgan fingerprint density at radius 2 is 1.56 bits per heavy atom. The van der Waals surface area contributed by atoms with Crippen molar-refractivity contribution in [1.82, 2.24) is 9.80 Å². The first-order chi connectivity index (χ1) is 12.9. The molecule has 2 amide bonds. The third kappa shape index (κ3) is 4.05. The summed E-state index contributed by atoms with van der Waals surface area (Å²) in [6, 6.07) is 5.39. The minimum Gasteiger partial charge on any atom is -0.479 e. The van der Waals surface area contributed by atoms with E-state index in [0.717, 1.165) is 0 Å². The smallest absolute Gasteiger partial charge is 0.332 e. The molecular weight excluding hydrogens is 358 g/mol. The minimum absolute atomic E-state index is 0.0850. The first-order valence-electron chi connectivity index (χ1n) is 8.57. The summed E-state index contributed by atoms with van der Waals surface area (Å²) in [4.78, 5) is 49.2. The quantitative estimate of drug-likeness (QED) is 0.597. The first-order valence-corrected chi connectivity index (χ1v) is 8.57. The predicted octanol–water partition coefficient (Wildman–Crippen LogP) is 0.511. The SMILES string of the molecule is O=C(O)[C@H]1CC[C@@H](C(=O)N2CCN(C(=O)c3ccc([N+](=O)[O-])cc3)CC2)O1. The van der Waals surface area contributed by atoms with E-state index in [1.807, 2.05) is 0 Å². The van der Waals surface area contributed by atoms with Gasteiger partial charge in [-0.05, 0) is 25.0 Å². The second-order valence-corrected chi connectivity index (χ2v) is 6.45. The fraction of sp³-hybridized carbons (Fsp3) is 0.471. The zero-order valence-corrected chi connectivity index (χ0v) is 14.4. The van der Waals surface area contributed by atoms with E-state index in [4.69, 9.17) is 9.84 Å². The monoisotopic (exact) mass is 377 g/mol. The lowest BCUT2D eigenvalue weighted by molar-refractivity contribution is -0.384. The fourth-order valence-corrected chi connectivity index (χ4v) is 3.24. The van der Waals surface area contributed by atoms with Gasteiger partial charge in [0.25, 0.3) is 17.5 Å². The Hall–Kier alpha value is -3.01. The number of benzene rings is 1. The highest BCUT2D eigenvalue weighted by atomic mass is 16.6. The number of hydrogen-bond donors (Lipinski definition) is 1. The number of carboxylic acid groups (broad SMARTS) is 1. The van der Waals surface area contributed by atoms with Crippen LogP contribution in [-0.4, -0.2) is 76.0 Å². The van der Waals surface area contributed by atoms with E-state index in [2.05, 4.69) is 0 Å². The molecule has 0 unspecified atom stereocenters. The molecule has 2 fully saturated rings. The maximum atomic E-state index is 12.5. The van der Waals surface area contributed by atoms with Crippen molar-refractivity contribution in [3.8, 4) is 0 Å². The second kappa shape index (κ2) is 7.70. The highest BCUT2D eigenvalue weighted by Gasteiger charge is 2.37. The van der Waals surface area contributed by atoms with Gasteiger partial charge in [0.15, 0.2) is 6.10 Å². The number of aliphatic carboxylic acids is 1. The topological polar surface area (TPSA) is 130 Å². The molecule has 2 aliphatic rings. The van der Waals surface area contributed by atoms with Gasteiger partial charge in [-0.25, -0.2) is 4.79 Å². The van der Waals surface area contributed by atoms with E-state index in [-0.39, 0.29) is 17.5 Å². The van der Waals surface area contributed by atoms with Crippen LogP contribution in [0.25, 0.3) is 0 Å². The maximum absolute atomic E-state index is 12.5. The van der Waals surface area contributed by atoms with Crippen LogP contribution in [0.5, 0.6) is 0 Å². The average molecular weight is 377 g/mol. The molecule has 1 aromatic rings. The summed E-state index contributed by atoms with van der Waals surface area (Å²) >= 11 is 0. The molecule has 2 saturated heterocycles. The summed E-state index contributed by atoms with van der Waals surface area (Å²) in [7, 11) is 0. The number of ether oxygens (including phenoxy) is 1. The van der Waals surface area contributed by atoms with E-state index in [0.29, 0.717) is 44.6 Å². The van der Waals surface area contributed by atoms with Crippen molar-refractivity contribution in [1.29, 1.82) is 0 Å². The summed E-state index contributed by atoms with van der Waals surface area (Å²) in [6.07, 6.45) is -1.01. The highest BCUT2D eigenvalue weighted by Crippen LogP contribution is 2.22. The molecule has 2 atom stereocenters. The Morgan fingerprint density at radius 3 is 2.07 bits per heavy atom. The molecule has 2 heterocycles. The zero-order chi connectivity index (χ0) is 19.6. The summed E-state index contributed by atoms with van der Waals surface area (Å²) < 4.78 is 5.29. The van der Waals surface area contributed by atoms with Crippen LogP contribution in [0, 0.1) is 10.1 Å². The van der Waals surface area contributed by atoms with E-state index < -0.39 is 23.1 Å². The van der Waals surface area contributed by atoms with Crippen LogP contribution < -0.4 is 0 Å². The van der Waals surface area contributed by atoms with Gasteiger partial charge in [-0.3, -0.25) is 19.7 Å². The van der Waals surface area contributed by atoms with Gasteiger partial charge < -0.3 is 19.6 Å². The van der Waals surface area contributed by atoms with Gasteiger partial charge in [0.2, 0.25) is 0 Å². The van der Waals surface area contributed by atoms with E-state index >= 15 is 0 Å². The van der Waals surface area contributed by atoms with Crippen LogP contribution in [-0.2, 0) is 14.3 Å². The molecule has 0 aromatic heterocycles. The van der Waals surface area contributed by atoms with Crippen LogP contribution in [0.4, 0.5) is 5.69 Å². The summed E-state index contributed by atoms with van der Waals surface area (Å²) in [5, 5.41) is 19.6. The van der Waals surface area contributed by atoms with Crippen molar-refractivity contribution in [2.45, 2.75) is 25.0 Å². The molecule has 0 spiro atoms. The molecule has 144 valence electrons. The molecule has 10 nitrogen and oxygen atoms in total. The lowest BCUT2D eigenvalue weighted by atomic mass is 10.1. The Balaban J connectivity index is 1.54. The first kappa shape index (κ1) is 18.8. The minimum atomic E-state index is -1.07. The average Bonchev–Trinajstić information content (AvgIpc) is 3.17. The number of piperazine rings is 1. The molecule has 1 aromatic carbocycles. The highest BCUT2D eigenvalue weighted by molar-refractivity contribution is 5.94. The fourth-order valence-electron chi connectivity index (χ4n) is 3.24. The molecule has 1 N–H and O–H groups in total. The Morgan fingerprint density at radius 1 is 1.00 bits per heavy atom. The molecule has 3 rings (SSSR count). The molecule has 0 aliphatic carbocycles. The molecule has 0 bridgehead atoms. The van der Waals surface area contributed by atoms with Crippen molar-refractivity contribution in [2.24, 2.45) is 0 Å². The number of non-ortho nitro benzene ring substituents is 1. The number of nitrogens with zero attached hydrogens (tertiary/aromatic N) is 3. The van der Waals surface area contributed by atoms with Crippen molar-refractivity contribution in [3.05, 3.63) is 39.9 Å². The van der Waals surface area contributed by atoms with Gasteiger partial charge in [-0.15, -0.1) is 0 Å². The van der Waals surface area contributed by atoms with Gasteiger partial charge in [0.05, 0.1) is 4.92 Å². The van der Waals surface area contributed by atoms with Gasteiger partial charge in [0.1, 0.15) is 6.10 Å². The van der Waals surface area contributed by atoms with Crippen molar-refractivity contribution >= 4 is 23.5 Å². The van der Waals surface area contributed by atoms with Crippen LogP contribution in [0.1, 0.15) is 23.2 Å². The van der Waals surface area contributed by atoms with Crippen LogP contribution in [0.2, 0.25) is 0 Å². The number of rotatable bonds is 4. The third-order valence-corrected chi connectivity index (χ3v) is 4.77. The van der Waals surface area contributed by atoms with E-state index in [1.165, 1.54) is 24.3 Å². The predicted molar refractivity (Wildman–Crippen MR) is 91.1 cm³/mol. The van der Waals surface area contributed by atoms with Gasteiger partial charge in [-0.2, -0.15) is 0 Å². The standard InChI is InChI=1S/C17H19N3O7/c21-15(11-1-3-12(4-2-11)20(25)26)18-7-9-19(10-8-18)16(22)13-5-6-14(27-13)17(23)24/h1-4,13-14H,5-10H2,(H,23,24)/t13-,14+/m0/s1. The molecule has 2 aliphatic heterocycles. The lowest BCUT2D eigenvalue weighted by Gasteiger charge is -2.35. The Labute approximate surface area is 154 Å². The Bertz CT molecular complexity index is 756. The van der Waals surface area contributed by atoms with Crippen LogP contribution >= 0.6 is 0 Å². The number of carboxylic acids is 1. The van der Waals surface area contributed by atoms with Crippen molar-refractivity contribution < 1.29 is 29.2 Å². The number of amides is 2. The van der Waals surface area contributed by atoms with E-state index in [1.54, 1.807) is 9.80 Å². The van der Waals surface area contributed by atoms with Crippen LogP contribution in [0.15, 0.2) is 24.3 Å². The molecule has 27 heavy (non-hydrogen) atoms. The molecule has 0 saturated carbocycles. The number of nitro groups is 1. The maximum Gasteiger partial charge on any atom is 0.332 e. The Kier molecular flexibility index (Phi) is 5.36. The third-order valence-electron chi connectivity index (χ3n) is 4.77.